The van der Waals surface area contributed by atoms with Gasteiger partial charge in [-0.05, 0) is 0 Å². The third-order valence-corrected chi connectivity index (χ3v) is 3.28. The fourth-order valence-electron chi connectivity index (χ4n) is 2.20. The van der Waals surface area contributed by atoms with Crippen LogP contribution >= 0.6 is 0 Å². The Morgan fingerprint density at radius 3 is 2.80 bits per heavy atom. The zero-order valence-corrected chi connectivity index (χ0v) is 10.1. The third kappa shape index (κ3) is 1.60. The number of hydrogen-bond acceptors (Lipinski definition) is 8. The second kappa shape index (κ2) is 4.33. The van der Waals surface area contributed by atoms with Crippen LogP contribution in [0, 0.1) is 0 Å². The molecule has 10 nitrogen and oxygen atoms in total. The van der Waals surface area contributed by atoms with E-state index in [4.69, 9.17) is 15.6 Å². The van der Waals surface area contributed by atoms with Crippen molar-refractivity contribution in [3.05, 3.63) is 12.7 Å². The SMILES string of the molecule is Nc1ncnc2c1ncn2[C@@]1([O])O[C@H](CO)[C@@H](O)[C@H]1O. The number of nitrogens with two attached hydrogens (primary N) is 1. The van der Waals surface area contributed by atoms with Gasteiger partial charge in [0.15, 0.2) is 17.6 Å². The Labute approximate surface area is 112 Å². The number of nitrogens with zero attached hydrogens (tertiary/aromatic N) is 4. The first-order valence-corrected chi connectivity index (χ1v) is 5.78. The molecular formula is C10H12N5O5. The molecular weight excluding hydrogens is 270 g/mol. The van der Waals surface area contributed by atoms with Crippen molar-refractivity contribution in [2.45, 2.75) is 24.2 Å². The molecule has 1 saturated heterocycles. The summed E-state index contributed by atoms with van der Waals surface area (Å²) < 4.78 is 5.95. The van der Waals surface area contributed by atoms with E-state index in [-0.39, 0.29) is 17.0 Å². The Kier molecular flexibility index (Phi) is 2.84. The Bertz CT molecular complexity index is 648. The topological polar surface area (TPSA) is 159 Å². The molecule has 1 radical (unpaired) electrons. The number of nitrogen functional groups attached to an aromatic ring is 1. The molecule has 0 aromatic carbocycles. The van der Waals surface area contributed by atoms with Crippen LogP contribution in [0.15, 0.2) is 12.7 Å². The zero-order chi connectivity index (χ0) is 14.5. The first-order chi connectivity index (χ1) is 9.49. The summed E-state index contributed by atoms with van der Waals surface area (Å²) in [6.07, 6.45) is -2.28. The van der Waals surface area contributed by atoms with Gasteiger partial charge in [0, 0.05) is 0 Å². The van der Waals surface area contributed by atoms with Gasteiger partial charge in [0.2, 0.25) is 0 Å². The van der Waals surface area contributed by atoms with Gasteiger partial charge in [-0.2, -0.15) is 5.11 Å². The van der Waals surface area contributed by atoms with Crippen LogP contribution in [0.3, 0.4) is 0 Å². The van der Waals surface area contributed by atoms with E-state index in [0.717, 1.165) is 17.2 Å². The third-order valence-electron chi connectivity index (χ3n) is 3.28. The molecule has 0 aliphatic carbocycles. The van der Waals surface area contributed by atoms with E-state index in [9.17, 15) is 15.3 Å². The lowest BCUT2D eigenvalue weighted by atomic mass is 10.1. The fourth-order valence-corrected chi connectivity index (χ4v) is 2.20. The lowest BCUT2D eigenvalue weighted by Gasteiger charge is -2.24. The fraction of sp³-hybridized carbons (Fsp3) is 0.500. The Morgan fingerprint density at radius 2 is 2.15 bits per heavy atom. The summed E-state index contributed by atoms with van der Waals surface area (Å²) >= 11 is 0. The van der Waals surface area contributed by atoms with Crippen LogP contribution in [0.25, 0.3) is 11.2 Å². The van der Waals surface area contributed by atoms with Crippen LogP contribution in [0.4, 0.5) is 5.82 Å². The average Bonchev–Trinajstić information content (AvgIpc) is 2.96. The normalized spacial score (nSPS) is 33.9. The molecule has 3 heterocycles. The smallest absolute Gasteiger partial charge is 0.317 e. The number of aliphatic hydroxyl groups is 3. The molecule has 4 atom stereocenters. The molecule has 1 fully saturated rings. The van der Waals surface area contributed by atoms with E-state index in [2.05, 4.69) is 15.0 Å². The van der Waals surface area contributed by atoms with Crippen molar-refractivity contribution in [3.63, 3.8) is 0 Å². The van der Waals surface area contributed by atoms with E-state index < -0.39 is 30.8 Å². The predicted octanol–water partition coefficient (Wildman–Crippen LogP) is -2.44. The zero-order valence-electron chi connectivity index (χ0n) is 10.1. The number of anilines is 1. The van der Waals surface area contributed by atoms with E-state index in [1.54, 1.807) is 0 Å². The summed E-state index contributed by atoms with van der Waals surface area (Å²) in [5.74, 6) is -2.48. The summed E-state index contributed by atoms with van der Waals surface area (Å²) in [6, 6.07) is 0. The highest BCUT2D eigenvalue weighted by Crippen LogP contribution is 2.35. The van der Waals surface area contributed by atoms with E-state index in [0.29, 0.717) is 0 Å². The number of aliphatic hydroxyl groups excluding tert-OH is 3. The maximum Gasteiger partial charge on any atom is 0.317 e. The molecule has 3 rings (SSSR count). The van der Waals surface area contributed by atoms with Crippen molar-refractivity contribution in [2.75, 3.05) is 12.3 Å². The second-order valence-electron chi connectivity index (χ2n) is 4.45. The minimum Gasteiger partial charge on any atom is -0.394 e. The number of imidazole rings is 1. The lowest BCUT2D eigenvalue weighted by Crippen LogP contribution is -2.44. The maximum atomic E-state index is 12.7. The highest BCUT2D eigenvalue weighted by atomic mass is 16.7. The molecule has 107 valence electrons. The molecule has 1 aliphatic rings. The molecule has 0 amide bonds. The van der Waals surface area contributed by atoms with Gasteiger partial charge in [0.25, 0.3) is 0 Å². The van der Waals surface area contributed by atoms with Crippen LogP contribution in [0.2, 0.25) is 0 Å². The summed E-state index contributed by atoms with van der Waals surface area (Å²) in [6.45, 7) is -0.605. The molecule has 2 aromatic heterocycles. The van der Waals surface area contributed by atoms with Gasteiger partial charge in [-0.3, -0.25) is 4.57 Å². The van der Waals surface area contributed by atoms with Gasteiger partial charge < -0.3 is 25.8 Å². The molecule has 10 heteroatoms. The Balaban J connectivity index is 2.13. The molecule has 0 spiro atoms. The monoisotopic (exact) mass is 282 g/mol. The number of hydrogen-bond donors (Lipinski definition) is 4. The van der Waals surface area contributed by atoms with Crippen molar-refractivity contribution in [1.82, 2.24) is 19.5 Å². The molecule has 20 heavy (non-hydrogen) atoms. The molecule has 0 saturated carbocycles. The minimum atomic E-state index is -2.55. The van der Waals surface area contributed by atoms with Crippen LogP contribution < -0.4 is 5.73 Å². The van der Waals surface area contributed by atoms with Crippen molar-refractivity contribution in [2.24, 2.45) is 0 Å². The first kappa shape index (κ1) is 13.1. The van der Waals surface area contributed by atoms with Crippen molar-refractivity contribution in [1.29, 1.82) is 0 Å². The highest BCUT2D eigenvalue weighted by molar-refractivity contribution is 5.81. The standard InChI is InChI=1S/C10H12N5O5/c11-8-5-9(13-2-12-8)15(3-14-5)10(19)7(18)6(17)4(1-16)20-10/h2-4,6-7,16-18H,1H2,(H2,11,12,13)/t4-,6-,7-,10+/m1/s1. The van der Waals surface area contributed by atoms with Crippen molar-refractivity contribution in [3.8, 4) is 0 Å². The summed E-state index contributed by atoms with van der Waals surface area (Å²) in [5.41, 5.74) is 5.85. The Hall–Kier alpha value is -1.85. The molecule has 1 aliphatic heterocycles. The highest BCUT2D eigenvalue weighted by Gasteiger charge is 2.57. The van der Waals surface area contributed by atoms with Gasteiger partial charge >= 0.3 is 5.91 Å². The van der Waals surface area contributed by atoms with E-state index >= 15 is 0 Å². The second-order valence-corrected chi connectivity index (χ2v) is 4.45. The van der Waals surface area contributed by atoms with Gasteiger partial charge in [0.1, 0.15) is 30.4 Å². The van der Waals surface area contributed by atoms with Crippen LogP contribution in [0.1, 0.15) is 0 Å². The van der Waals surface area contributed by atoms with Gasteiger partial charge in [0.05, 0.1) is 6.61 Å². The molecule has 2 aromatic rings. The van der Waals surface area contributed by atoms with E-state index in [1.807, 2.05) is 0 Å². The molecule has 0 unspecified atom stereocenters. The molecule has 0 bridgehead atoms. The number of fused-ring (bicyclic) bond motifs is 1. The number of ether oxygens (including phenoxy) is 1. The first-order valence-electron chi connectivity index (χ1n) is 5.78. The summed E-state index contributed by atoms with van der Waals surface area (Å²) in [4.78, 5) is 11.5. The summed E-state index contributed by atoms with van der Waals surface area (Å²) in [5, 5.41) is 41.3. The van der Waals surface area contributed by atoms with Crippen LogP contribution in [-0.2, 0) is 15.8 Å². The van der Waals surface area contributed by atoms with Gasteiger partial charge in [-0.15, -0.1) is 0 Å². The van der Waals surface area contributed by atoms with E-state index in [1.165, 1.54) is 0 Å². The average molecular weight is 282 g/mol. The number of rotatable bonds is 2. The Morgan fingerprint density at radius 1 is 1.40 bits per heavy atom. The van der Waals surface area contributed by atoms with Crippen molar-refractivity contribution < 1.29 is 25.2 Å². The quantitative estimate of drug-likeness (QED) is 0.472. The maximum absolute atomic E-state index is 12.7. The van der Waals surface area contributed by atoms with Gasteiger partial charge in [-0.25, -0.2) is 15.0 Å². The number of aromatic nitrogens is 4. The summed E-state index contributed by atoms with van der Waals surface area (Å²) in [7, 11) is 0. The van der Waals surface area contributed by atoms with Crippen LogP contribution in [0.5, 0.6) is 0 Å². The van der Waals surface area contributed by atoms with Crippen molar-refractivity contribution >= 4 is 17.0 Å². The van der Waals surface area contributed by atoms with Crippen LogP contribution in [-0.4, -0.2) is 59.8 Å². The largest absolute Gasteiger partial charge is 0.394 e. The minimum absolute atomic E-state index is 0.0670. The lowest BCUT2D eigenvalue weighted by molar-refractivity contribution is -0.320. The molecule has 5 N–H and O–H groups in total. The predicted molar refractivity (Wildman–Crippen MR) is 62.4 cm³/mol. The van der Waals surface area contributed by atoms with Gasteiger partial charge in [-0.1, -0.05) is 0 Å².